The molecule has 0 aromatic carbocycles. The summed E-state index contributed by atoms with van der Waals surface area (Å²) in [5.41, 5.74) is 6.53. The van der Waals surface area contributed by atoms with Crippen LogP contribution in [0.15, 0.2) is 58.7 Å². The third-order valence-electron chi connectivity index (χ3n) is 4.89. The molecule has 0 fully saturated rings. The Balaban J connectivity index is 1.93. The quantitative estimate of drug-likeness (QED) is 0.717. The van der Waals surface area contributed by atoms with Gasteiger partial charge in [0.25, 0.3) is 0 Å². The van der Waals surface area contributed by atoms with Gasteiger partial charge in [-0.1, -0.05) is 47.6 Å². The number of hydrogen-bond donors (Lipinski definition) is 0. The van der Waals surface area contributed by atoms with E-state index < -0.39 is 0 Å². The largest absolute Gasteiger partial charge is 0.309 e. The second-order valence-electron chi connectivity index (χ2n) is 6.67. The summed E-state index contributed by atoms with van der Waals surface area (Å²) in [5.74, 6) is 0.632. The fourth-order valence-corrected chi connectivity index (χ4v) is 3.74. The van der Waals surface area contributed by atoms with Crippen LogP contribution in [0.2, 0.25) is 0 Å². The third-order valence-corrected chi connectivity index (χ3v) is 4.89. The van der Waals surface area contributed by atoms with Crippen molar-refractivity contribution in [3.63, 3.8) is 0 Å². The molecule has 0 aromatic heterocycles. The number of allylic oxidation sites excluding steroid dienone is 9. The third kappa shape index (κ3) is 3.29. The van der Waals surface area contributed by atoms with Gasteiger partial charge in [0, 0.05) is 12.5 Å². The van der Waals surface area contributed by atoms with E-state index in [4.69, 9.17) is 0 Å². The van der Waals surface area contributed by atoms with Gasteiger partial charge in [0.15, 0.2) is 0 Å². The zero-order valence-corrected chi connectivity index (χ0v) is 13.4. The fraction of sp³-hybridized carbons (Fsp3) is 0.500. The summed E-state index contributed by atoms with van der Waals surface area (Å²) in [7, 11) is 4.32. The topological polar surface area (TPSA) is 3.24 Å². The SMILES string of the molecule is CN(C)CC/C=C1/C2=C(CCC=C2)CCC2=CC=CCC21. The van der Waals surface area contributed by atoms with E-state index in [1.165, 1.54) is 32.1 Å². The monoisotopic (exact) mass is 281 g/mol. The lowest BCUT2D eigenvalue weighted by molar-refractivity contribution is 0.416. The number of hydrogen-bond acceptors (Lipinski definition) is 1. The Hall–Kier alpha value is -1.34. The highest BCUT2D eigenvalue weighted by Crippen LogP contribution is 2.43. The van der Waals surface area contributed by atoms with Crippen molar-refractivity contribution in [1.82, 2.24) is 4.90 Å². The maximum Gasteiger partial charge on any atom is 0.00887 e. The molecule has 0 N–H and O–H groups in total. The van der Waals surface area contributed by atoms with Crippen LogP contribution in [0.4, 0.5) is 0 Å². The molecule has 0 aromatic rings. The fourth-order valence-electron chi connectivity index (χ4n) is 3.74. The first-order valence-corrected chi connectivity index (χ1v) is 8.35. The maximum atomic E-state index is 2.52. The van der Waals surface area contributed by atoms with Crippen LogP contribution in [0.1, 0.15) is 38.5 Å². The minimum atomic E-state index is 0.632. The zero-order valence-electron chi connectivity index (χ0n) is 13.4. The molecule has 3 aliphatic rings. The van der Waals surface area contributed by atoms with Gasteiger partial charge in [-0.2, -0.15) is 0 Å². The standard InChI is InChI=1S/C20H27N/c1-21(2)15-7-12-20-18-10-5-3-8-16(18)13-14-17-9-4-6-11-19(17)20/h3,5-6,8,11-12,18H,4,7,9-10,13-15H2,1-2H3/b20-12+. The molecule has 0 bridgehead atoms. The highest BCUT2D eigenvalue weighted by molar-refractivity contribution is 5.52. The van der Waals surface area contributed by atoms with Gasteiger partial charge in [-0.25, -0.2) is 0 Å². The van der Waals surface area contributed by atoms with Crippen LogP contribution >= 0.6 is 0 Å². The normalized spacial score (nSPS) is 26.7. The second kappa shape index (κ2) is 6.62. The van der Waals surface area contributed by atoms with Gasteiger partial charge in [-0.3, -0.25) is 0 Å². The average molecular weight is 281 g/mol. The molecule has 0 heterocycles. The molecule has 1 atom stereocenters. The Morgan fingerprint density at radius 1 is 1.19 bits per heavy atom. The molecule has 1 nitrogen and oxygen atoms in total. The van der Waals surface area contributed by atoms with Crippen molar-refractivity contribution < 1.29 is 0 Å². The highest BCUT2D eigenvalue weighted by atomic mass is 15.0. The lowest BCUT2D eigenvalue weighted by Gasteiger charge is -2.24. The predicted molar refractivity (Wildman–Crippen MR) is 91.2 cm³/mol. The van der Waals surface area contributed by atoms with Gasteiger partial charge in [-0.05, 0) is 63.8 Å². The predicted octanol–water partition coefficient (Wildman–Crippen LogP) is 4.81. The van der Waals surface area contributed by atoms with Crippen LogP contribution < -0.4 is 0 Å². The number of nitrogens with zero attached hydrogens (tertiary/aromatic N) is 1. The van der Waals surface area contributed by atoms with Gasteiger partial charge >= 0.3 is 0 Å². The molecular weight excluding hydrogens is 254 g/mol. The van der Waals surface area contributed by atoms with E-state index >= 15 is 0 Å². The molecule has 112 valence electrons. The van der Waals surface area contributed by atoms with Crippen molar-refractivity contribution in [2.75, 3.05) is 20.6 Å². The highest BCUT2D eigenvalue weighted by Gasteiger charge is 2.27. The van der Waals surface area contributed by atoms with Crippen molar-refractivity contribution in [1.29, 1.82) is 0 Å². The van der Waals surface area contributed by atoms with Gasteiger partial charge in [0.2, 0.25) is 0 Å². The zero-order chi connectivity index (χ0) is 14.7. The average Bonchev–Trinajstić information content (AvgIpc) is 2.65. The Kier molecular flexibility index (Phi) is 4.60. The van der Waals surface area contributed by atoms with Gasteiger partial charge < -0.3 is 4.90 Å². The summed E-state index contributed by atoms with van der Waals surface area (Å²) in [6, 6.07) is 0. The van der Waals surface area contributed by atoms with Crippen molar-refractivity contribution in [2.45, 2.75) is 38.5 Å². The molecule has 3 aliphatic carbocycles. The first-order chi connectivity index (χ1) is 10.3. The molecule has 0 amide bonds. The molecule has 0 radical (unpaired) electrons. The van der Waals surface area contributed by atoms with Gasteiger partial charge in [0.1, 0.15) is 0 Å². The van der Waals surface area contributed by atoms with E-state index in [-0.39, 0.29) is 0 Å². The van der Waals surface area contributed by atoms with Crippen LogP contribution in [-0.4, -0.2) is 25.5 Å². The summed E-state index contributed by atoms with van der Waals surface area (Å²) < 4.78 is 0. The molecule has 0 saturated carbocycles. The first-order valence-electron chi connectivity index (χ1n) is 8.35. The Labute approximate surface area is 129 Å². The van der Waals surface area contributed by atoms with Crippen LogP contribution in [-0.2, 0) is 0 Å². The second-order valence-corrected chi connectivity index (χ2v) is 6.67. The Morgan fingerprint density at radius 3 is 2.95 bits per heavy atom. The summed E-state index contributed by atoms with van der Waals surface area (Å²) in [5, 5.41) is 0. The molecule has 0 saturated heterocycles. The minimum absolute atomic E-state index is 0.632. The van der Waals surface area contributed by atoms with E-state index in [0.717, 1.165) is 13.0 Å². The molecule has 0 spiro atoms. The molecule has 21 heavy (non-hydrogen) atoms. The van der Waals surface area contributed by atoms with Gasteiger partial charge in [-0.15, -0.1) is 0 Å². The van der Waals surface area contributed by atoms with Crippen molar-refractivity contribution in [3.8, 4) is 0 Å². The summed E-state index contributed by atoms with van der Waals surface area (Å²) in [6.45, 7) is 1.14. The van der Waals surface area contributed by atoms with Crippen LogP contribution in [0.5, 0.6) is 0 Å². The van der Waals surface area contributed by atoms with E-state index in [2.05, 4.69) is 55.5 Å². The van der Waals surface area contributed by atoms with Crippen molar-refractivity contribution in [3.05, 3.63) is 58.7 Å². The minimum Gasteiger partial charge on any atom is -0.309 e. The van der Waals surface area contributed by atoms with E-state index in [1.54, 1.807) is 22.3 Å². The van der Waals surface area contributed by atoms with E-state index in [0.29, 0.717) is 5.92 Å². The molecule has 3 rings (SSSR count). The summed E-state index contributed by atoms with van der Waals surface area (Å²) in [4.78, 5) is 2.28. The first kappa shape index (κ1) is 14.6. The summed E-state index contributed by atoms with van der Waals surface area (Å²) >= 11 is 0. The van der Waals surface area contributed by atoms with Gasteiger partial charge in [0.05, 0.1) is 0 Å². The van der Waals surface area contributed by atoms with E-state index in [1.807, 2.05) is 0 Å². The van der Waals surface area contributed by atoms with Crippen LogP contribution in [0.25, 0.3) is 0 Å². The Bertz CT molecular complexity index is 540. The molecule has 1 unspecified atom stereocenters. The molecule has 0 aliphatic heterocycles. The van der Waals surface area contributed by atoms with E-state index in [9.17, 15) is 0 Å². The summed E-state index contributed by atoms with van der Waals surface area (Å²) in [6.07, 6.45) is 21.6. The lowest BCUT2D eigenvalue weighted by atomic mass is 9.80. The van der Waals surface area contributed by atoms with Crippen LogP contribution in [0, 0.1) is 5.92 Å². The van der Waals surface area contributed by atoms with Crippen molar-refractivity contribution in [2.24, 2.45) is 5.92 Å². The number of fused-ring (bicyclic) bond motifs is 1. The number of rotatable bonds is 3. The maximum absolute atomic E-state index is 2.52. The molecular formula is C20H27N. The smallest absolute Gasteiger partial charge is 0.00887 e. The molecule has 1 heteroatoms. The lowest BCUT2D eigenvalue weighted by Crippen LogP contribution is -2.14. The van der Waals surface area contributed by atoms with Crippen LogP contribution in [0.3, 0.4) is 0 Å². The van der Waals surface area contributed by atoms with Crippen molar-refractivity contribution >= 4 is 0 Å². The Morgan fingerprint density at radius 2 is 2.10 bits per heavy atom.